The molecule has 0 atom stereocenters. The molecular formula is C24H25ClFN5O. The van der Waals surface area contributed by atoms with Gasteiger partial charge in [-0.15, -0.1) is 0 Å². The number of anilines is 2. The summed E-state index contributed by atoms with van der Waals surface area (Å²) >= 11 is 5.80. The number of nitrogens with zero attached hydrogens (tertiary/aromatic N) is 4. The lowest BCUT2D eigenvalue weighted by atomic mass is 10.1. The Hall–Kier alpha value is -3.19. The molecular weight excluding hydrogens is 429 g/mol. The van der Waals surface area contributed by atoms with Crippen molar-refractivity contribution in [3.05, 3.63) is 70.1 Å². The molecule has 6 nitrogen and oxygen atoms in total. The second kappa shape index (κ2) is 9.12. The van der Waals surface area contributed by atoms with Gasteiger partial charge in [0.25, 0.3) is 0 Å². The fraction of sp³-hybridized carbons (Fsp3) is 0.292. The second-order valence-corrected chi connectivity index (χ2v) is 8.39. The average molecular weight is 454 g/mol. The van der Waals surface area contributed by atoms with Gasteiger partial charge in [-0.25, -0.2) is 19.2 Å². The van der Waals surface area contributed by atoms with E-state index in [0.29, 0.717) is 37.7 Å². The van der Waals surface area contributed by atoms with Gasteiger partial charge in [-0.1, -0.05) is 41.4 Å². The molecule has 2 amide bonds. The number of piperazine rings is 1. The molecule has 1 aliphatic heterocycles. The monoisotopic (exact) mass is 453 g/mol. The van der Waals surface area contributed by atoms with Crippen LogP contribution in [0.4, 0.5) is 20.7 Å². The Labute approximate surface area is 192 Å². The number of hydrogen-bond donors (Lipinski definition) is 1. The number of carbonyl (C=O) groups excluding carboxylic acids is 1. The summed E-state index contributed by atoms with van der Waals surface area (Å²) in [5.74, 6) is 1.09. The van der Waals surface area contributed by atoms with Gasteiger partial charge in [0.05, 0.1) is 5.02 Å². The van der Waals surface area contributed by atoms with Crippen LogP contribution in [-0.2, 0) is 0 Å². The lowest BCUT2D eigenvalue weighted by molar-refractivity contribution is 0.208. The number of aryl methyl sites for hydroxylation is 2. The molecule has 2 heterocycles. The highest BCUT2D eigenvalue weighted by molar-refractivity contribution is 6.31. The van der Waals surface area contributed by atoms with Crippen LogP contribution in [0, 0.1) is 26.6 Å². The number of amides is 2. The van der Waals surface area contributed by atoms with Crippen molar-refractivity contribution in [3.8, 4) is 11.4 Å². The first-order chi connectivity index (χ1) is 15.3. The van der Waals surface area contributed by atoms with Crippen molar-refractivity contribution in [3.63, 3.8) is 0 Å². The zero-order chi connectivity index (χ0) is 22.8. The van der Waals surface area contributed by atoms with Crippen LogP contribution in [0.15, 0.2) is 42.5 Å². The molecule has 1 saturated heterocycles. The van der Waals surface area contributed by atoms with Crippen molar-refractivity contribution in [2.24, 2.45) is 0 Å². The Kier molecular flexibility index (Phi) is 6.28. The molecule has 2 aromatic carbocycles. The van der Waals surface area contributed by atoms with Gasteiger partial charge in [-0.2, -0.15) is 0 Å². The van der Waals surface area contributed by atoms with Crippen molar-refractivity contribution in [1.82, 2.24) is 14.9 Å². The lowest BCUT2D eigenvalue weighted by Crippen LogP contribution is -2.50. The summed E-state index contributed by atoms with van der Waals surface area (Å²) < 4.78 is 13.3. The van der Waals surface area contributed by atoms with Crippen LogP contribution in [0.5, 0.6) is 0 Å². The van der Waals surface area contributed by atoms with Crippen LogP contribution in [-0.4, -0.2) is 47.1 Å². The van der Waals surface area contributed by atoms with E-state index in [1.54, 1.807) is 4.90 Å². The molecule has 0 unspecified atom stereocenters. The van der Waals surface area contributed by atoms with E-state index < -0.39 is 5.82 Å². The van der Waals surface area contributed by atoms with Crippen molar-refractivity contribution >= 4 is 29.1 Å². The fourth-order valence-corrected chi connectivity index (χ4v) is 3.83. The Morgan fingerprint density at radius 3 is 2.34 bits per heavy atom. The SMILES string of the molecule is Cc1ccc(-c2nc(C)c(C)c(N3CCN(C(=O)Nc4ccc(F)c(Cl)c4)CC3)n2)cc1. The minimum atomic E-state index is -0.515. The van der Waals surface area contributed by atoms with Gasteiger partial charge in [0.1, 0.15) is 11.6 Å². The van der Waals surface area contributed by atoms with Crippen LogP contribution in [0.3, 0.4) is 0 Å². The van der Waals surface area contributed by atoms with Crippen molar-refractivity contribution < 1.29 is 9.18 Å². The zero-order valence-corrected chi connectivity index (χ0v) is 19.1. The molecule has 0 aliphatic carbocycles. The third kappa shape index (κ3) is 4.67. The lowest BCUT2D eigenvalue weighted by Gasteiger charge is -2.36. The zero-order valence-electron chi connectivity index (χ0n) is 18.3. The van der Waals surface area contributed by atoms with Gasteiger partial charge in [0.2, 0.25) is 0 Å². The number of halogens is 2. The quantitative estimate of drug-likeness (QED) is 0.591. The van der Waals surface area contributed by atoms with Gasteiger partial charge in [0, 0.05) is 48.7 Å². The van der Waals surface area contributed by atoms with E-state index in [0.717, 1.165) is 22.6 Å². The van der Waals surface area contributed by atoms with Gasteiger partial charge in [-0.3, -0.25) is 0 Å². The molecule has 0 saturated carbocycles. The molecule has 32 heavy (non-hydrogen) atoms. The normalized spacial score (nSPS) is 13.9. The third-order valence-corrected chi connectivity index (χ3v) is 6.00. The van der Waals surface area contributed by atoms with Gasteiger partial charge < -0.3 is 15.1 Å². The van der Waals surface area contributed by atoms with E-state index >= 15 is 0 Å². The van der Waals surface area contributed by atoms with Crippen molar-refractivity contribution in [2.75, 3.05) is 36.4 Å². The van der Waals surface area contributed by atoms with Crippen LogP contribution in [0.2, 0.25) is 5.02 Å². The Morgan fingerprint density at radius 1 is 1.00 bits per heavy atom. The highest BCUT2D eigenvalue weighted by atomic mass is 35.5. The topological polar surface area (TPSA) is 61.4 Å². The highest BCUT2D eigenvalue weighted by Crippen LogP contribution is 2.26. The first kappa shape index (κ1) is 22.0. The smallest absolute Gasteiger partial charge is 0.321 e. The highest BCUT2D eigenvalue weighted by Gasteiger charge is 2.24. The third-order valence-electron chi connectivity index (χ3n) is 5.71. The summed E-state index contributed by atoms with van der Waals surface area (Å²) in [6.07, 6.45) is 0. The van der Waals surface area contributed by atoms with Crippen LogP contribution >= 0.6 is 11.6 Å². The average Bonchev–Trinajstić information content (AvgIpc) is 2.79. The molecule has 0 radical (unpaired) electrons. The number of nitrogens with one attached hydrogen (secondary N) is 1. The van der Waals surface area contributed by atoms with Crippen molar-refractivity contribution in [1.29, 1.82) is 0 Å². The van der Waals surface area contributed by atoms with Crippen LogP contribution < -0.4 is 10.2 Å². The van der Waals surface area contributed by atoms with E-state index in [-0.39, 0.29) is 11.1 Å². The maximum absolute atomic E-state index is 13.3. The molecule has 0 spiro atoms. The molecule has 1 aromatic heterocycles. The standard InChI is InChI=1S/C24H25ClFN5O/c1-15-4-6-18(7-5-15)22-27-17(3)16(2)23(29-22)30-10-12-31(13-11-30)24(32)28-19-8-9-21(26)20(25)14-19/h4-9,14H,10-13H2,1-3H3,(H,28,32). The van der Waals surface area contributed by atoms with E-state index in [9.17, 15) is 9.18 Å². The summed E-state index contributed by atoms with van der Waals surface area (Å²) in [7, 11) is 0. The maximum atomic E-state index is 13.3. The molecule has 8 heteroatoms. The first-order valence-corrected chi connectivity index (χ1v) is 10.9. The minimum Gasteiger partial charge on any atom is -0.353 e. The summed E-state index contributed by atoms with van der Waals surface area (Å²) in [5, 5.41) is 2.76. The Balaban J connectivity index is 1.46. The number of hydrogen-bond acceptors (Lipinski definition) is 4. The van der Waals surface area contributed by atoms with Gasteiger partial charge in [0.15, 0.2) is 5.82 Å². The molecule has 3 aromatic rings. The molecule has 1 fully saturated rings. The Morgan fingerprint density at radius 2 is 1.69 bits per heavy atom. The predicted molar refractivity (Wildman–Crippen MR) is 126 cm³/mol. The summed E-state index contributed by atoms with van der Waals surface area (Å²) in [6.45, 7) is 8.48. The Bertz CT molecular complexity index is 1140. The van der Waals surface area contributed by atoms with Crippen LogP contribution in [0.1, 0.15) is 16.8 Å². The summed E-state index contributed by atoms with van der Waals surface area (Å²) in [5.41, 5.74) is 4.62. The van der Waals surface area contributed by atoms with Crippen LogP contribution in [0.25, 0.3) is 11.4 Å². The molecule has 1 aliphatic rings. The van der Waals surface area contributed by atoms with Gasteiger partial charge in [-0.05, 0) is 39.0 Å². The second-order valence-electron chi connectivity index (χ2n) is 7.98. The van der Waals surface area contributed by atoms with Crippen molar-refractivity contribution in [2.45, 2.75) is 20.8 Å². The molecule has 4 rings (SSSR count). The first-order valence-electron chi connectivity index (χ1n) is 10.5. The van der Waals surface area contributed by atoms with E-state index in [1.807, 2.05) is 26.0 Å². The van der Waals surface area contributed by atoms with E-state index in [1.165, 1.54) is 23.8 Å². The predicted octanol–water partition coefficient (Wildman–Crippen LogP) is 5.22. The molecule has 0 bridgehead atoms. The van der Waals surface area contributed by atoms with Gasteiger partial charge >= 0.3 is 6.03 Å². The minimum absolute atomic E-state index is 0.0217. The maximum Gasteiger partial charge on any atom is 0.321 e. The summed E-state index contributed by atoms with van der Waals surface area (Å²) in [6, 6.07) is 12.1. The largest absolute Gasteiger partial charge is 0.353 e. The number of benzene rings is 2. The number of rotatable bonds is 3. The number of urea groups is 1. The van der Waals surface area contributed by atoms with E-state index in [4.69, 9.17) is 16.6 Å². The van der Waals surface area contributed by atoms with E-state index in [2.05, 4.69) is 34.3 Å². The molecule has 166 valence electrons. The fourth-order valence-electron chi connectivity index (χ4n) is 3.65. The number of aromatic nitrogens is 2. The number of carbonyl (C=O) groups is 1. The summed E-state index contributed by atoms with van der Waals surface area (Å²) in [4.78, 5) is 26.1. The molecule has 1 N–H and O–H groups in total.